The van der Waals surface area contributed by atoms with Gasteiger partial charge in [0.25, 0.3) is 5.91 Å². The lowest BCUT2D eigenvalue weighted by Crippen LogP contribution is -2.26. The van der Waals surface area contributed by atoms with Crippen molar-refractivity contribution >= 4 is 5.91 Å². The number of carbonyl (C=O) groups is 1. The third kappa shape index (κ3) is 5.00. The molecule has 7 heteroatoms. The summed E-state index contributed by atoms with van der Waals surface area (Å²) in [6, 6.07) is 22.9. The van der Waals surface area contributed by atoms with E-state index in [0.717, 1.165) is 5.56 Å². The van der Waals surface area contributed by atoms with Gasteiger partial charge in [-0.3, -0.25) is 9.48 Å². The molecule has 0 bridgehead atoms. The van der Waals surface area contributed by atoms with Gasteiger partial charge in [-0.25, -0.2) is 4.98 Å². The number of carbonyl (C=O) groups excluding carboxylic acids is 1. The fourth-order valence-electron chi connectivity index (χ4n) is 3.18. The number of benzene rings is 2. The molecule has 2 aromatic heterocycles. The summed E-state index contributed by atoms with van der Waals surface area (Å²) >= 11 is 0. The van der Waals surface area contributed by atoms with Crippen LogP contribution in [0.15, 0.2) is 79.0 Å². The number of hydrogen-bond acceptors (Lipinski definition) is 5. The predicted octanol–water partition coefficient (Wildman–Crippen LogP) is 4.82. The molecule has 0 aliphatic rings. The molecule has 2 heterocycles. The quantitative estimate of drug-likeness (QED) is 0.477. The summed E-state index contributed by atoms with van der Waals surface area (Å²) < 4.78 is 7.58. The van der Waals surface area contributed by atoms with Gasteiger partial charge in [-0.05, 0) is 50.6 Å². The van der Waals surface area contributed by atoms with Crippen LogP contribution in [0.2, 0.25) is 0 Å². The molecular weight excluding hydrogens is 402 g/mol. The van der Waals surface area contributed by atoms with Crippen LogP contribution in [-0.2, 0) is 12.1 Å². The Balaban J connectivity index is 1.61. The summed E-state index contributed by atoms with van der Waals surface area (Å²) in [5, 5.41) is 7.52. The zero-order chi connectivity index (χ0) is 22.6. The largest absolute Gasteiger partial charge is 0.424 e. The number of nitrogens with zero attached hydrogens (tertiary/aromatic N) is 4. The molecule has 0 saturated carbocycles. The second kappa shape index (κ2) is 9.01. The number of ether oxygens (including phenoxy) is 1. The highest BCUT2D eigenvalue weighted by Gasteiger charge is 2.24. The van der Waals surface area contributed by atoms with Crippen molar-refractivity contribution in [3.05, 3.63) is 90.3 Å². The predicted molar refractivity (Wildman–Crippen MR) is 122 cm³/mol. The summed E-state index contributed by atoms with van der Waals surface area (Å²) in [5.74, 6) is 0.405. The molecule has 0 saturated heterocycles. The molecule has 162 valence electrons. The normalized spacial score (nSPS) is 11.2. The maximum Gasteiger partial charge on any atom is 0.322 e. The van der Waals surface area contributed by atoms with Crippen molar-refractivity contribution < 1.29 is 9.53 Å². The number of rotatable bonds is 6. The van der Waals surface area contributed by atoms with E-state index in [1.807, 2.05) is 81.4 Å². The van der Waals surface area contributed by atoms with Crippen molar-refractivity contribution in [1.29, 1.82) is 0 Å². The van der Waals surface area contributed by atoms with E-state index >= 15 is 0 Å². The zero-order valence-corrected chi connectivity index (χ0v) is 18.3. The first-order valence-corrected chi connectivity index (χ1v) is 10.4. The smallest absolute Gasteiger partial charge is 0.322 e. The van der Waals surface area contributed by atoms with Gasteiger partial charge >= 0.3 is 6.01 Å². The molecule has 0 atom stereocenters. The van der Waals surface area contributed by atoms with E-state index in [-0.39, 0.29) is 17.5 Å². The zero-order valence-electron chi connectivity index (χ0n) is 18.3. The molecule has 1 amide bonds. The van der Waals surface area contributed by atoms with Crippen molar-refractivity contribution in [2.45, 2.75) is 32.9 Å². The van der Waals surface area contributed by atoms with Crippen LogP contribution in [0.4, 0.5) is 0 Å². The van der Waals surface area contributed by atoms with Crippen molar-refractivity contribution in [3.63, 3.8) is 0 Å². The van der Waals surface area contributed by atoms with Gasteiger partial charge in [0.05, 0.1) is 16.9 Å². The molecule has 0 spiro atoms. The molecule has 4 aromatic rings. The first-order valence-electron chi connectivity index (χ1n) is 10.4. The molecule has 0 fully saturated rings. The Kier molecular flexibility index (Phi) is 5.98. The Morgan fingerprint density at radius 3 is 2.38 bits per heavy atom. The van der Waals surface area contributed by atoms with Crippen molar-refractivity contribution in [2.24, 2.45) is 0 Å². The molecule has 0 unspecified atom stereocenters. The summed E-state index contributed by atoms with van der Waals surface area (Å²) in [7, 11) is 0. The maximum absolute atomic E-state index is 12.8. The van der Waals surface area contributed by atoms with Crippen molar-refractivity contribution in [3.8, 4) is 23.1 Å². The lowest BCUT2D eigenvalue weighted by molar-refractivity contribution is 0.0944. The first-order chi connectivity index (χ1) is 15.4. The van der Waals surface area contributed by atoms with Gasteiger partial charge in [-0.1, -0.05) is 48.5 Å². The van der Waals surface area contributed by atoms with Crippen molar-refractivity contribution in [1.82, 2.24) is 25.1 Å². The van der Waals surface area contributed by atoms with Crippen molar-refractivity contribution in [2.75, 3.05) is 0 Å². The van der Waals surface area contributed by atoms with E-state index in [4.69, 9.17) is 4.74 Å². The van der Waals surface area contributed by atoms with E-state index in [9.17, 15) is 4.79 Å². The van der Waals surface area contributed by atoms with Crippen LogP contribution in [0.1, 0.15) is 36.8 Å². The fraction of sp³-hybridized carbons (Fsp3) is 0.200. The Morgan fingerprint density at radius 2 is 1.69 bits per heavy atom. The molecule has 2 aromatic carbocycles. The minimum absolute atomic E-state index is 0.227. The van der Waals surface area contributed by atoms with E-state index in [0.29, 0.717) is 29.4 Å². The Labute approximate surface area is 187 Å². The van der Waals surface area contributed by atoms with E-state index < -0.39 is 0 Å². The standard InChI is InChI=1S/C25H25N5O2/c1-25(2,3)30-22(16-21(29-30)23(31)27-17-18-10-6-4-7-11-18)20-14-15-26-24(28-20)32-19-12-8-5-9-13-19/h4-16H,17H2,1-3H3,(H,27,31). The maximum atomic E-state index is 12.8. The fourth-order valence-corrected chi connectivity index (χ4v) is 3.18. The van der Waals surface area contributed by atoms with Gasteiger partial charge in [0.2, 0.25) is 0 Å². The van der Waals surface area contributed by atoms with Crippen LogP contribution in [0.3, 0.4) is 0 Å². The minimum Gasteiger partial charge on any atom is -0.424 e. The van der Waals surface area contributed by atoms with Crippen LogP contribution in [0.5, 0.6) is 11.8 Å². The van der Waals surface area contributed by atoms with Gasteiger partial charge < -0.3 is 10.1 Å². The molecule has 0 aliphatic heterocycles. The highest BCUT2D eigenvalue weighted by atomic mass is 16.5. The average Bonchev–Trinajstić information content (AvgIpc) is 3.26. The first kappa shape index (κ1) is 21.2. The summed E-state index contributed by atoms with van der Waals surface area (Å²) in [6.07, 6.45) is 1.63. The number of amides is 1. The van der Waals surface area contributed by atoms with Crippen LogP contribution in [0, 0.1) is 0 Å². The van der Waals surface area contributed by atoms with Gasteiger partial charge in [-0.2, -0.15) is 10.1 Å². The number of aromatic nitrogens is 4. The highest BCUT2D eigenvalue weighted by Crippen LogP contribution is 2.27. The van der Waals surface area contributed by atoms with Gasteiger partial charge in [-0.15, -0.1) is 0 Å². The monoisotopic (exact) mass is 427 g/mol. The number of hydrogen-bond donors (Lipinski definition) is 1. The molecule has 4 rings (SSSR count). The average molecular weight is 428 g/mol. The molecule has 32 heavy (non-hydrogen) atoms. The number of nitrogens with one attached hydrogen (secondary N) is 1. The molecule has 0 radical (unpaired) electrons. The molecule has 0 aliphatic carbocycles. The SMILES string of the molecule is CC(C)(C)n1nc(C(=O)NCc2ccccc2)cc1-c1ccnc(Oc2ccccc2)n1. The van der Waals surface area contributed by atoms with Gasteiger partial charge in [0.15, 0.2) is 5.69 Å². The third-order valence-corrected chi connectivity index (χ3v) is 4.72. The number of para-hydroxylation sites is 1. The molecule has 7 nitrogen and oxygen atoms in total. The van der Waals surface area contributed by atoms with Gasteiger partial charge in [0, 0.05) is 12.7 Å². The molecular formula is C25H25N5O2. The van der Waals surface area contributed by atoms with Crippen LogP contribution in [-0.4, -0.2) is 25.7 Å². The Morgan fingerprint density at radius 1 is 1.00 bits per heavy atom. The molecule has 1 N–H and O–H groups in total. The summed E-state index contributed by atoms with van der Waals surface area (Å²) in [4.78, 5) is 21.6. The lowest BCUT2D eigenvalue weighted by atomic mass is 10.1. The second-order valence-corrected chi connectivity index (χ2v) is 8.31. The Hall–Kier alpha value is -4.00. The minimum atomic E-state index is -0.362. The van der Waals surface area contributed by atoms with Crippen LogP contribution in [0.25, 0.3) is 11.4 Å². The van der Waals surface area contributed by atoms with E-state index in [2.05, 4.69) is 20.4 Å². The summed E-state index contributed by atoms with van der Waals surface area (Å²) in [6.45, 7) is 6.51. The van der Waals surface area contributed by atoms with Crippen LogP contribution < -0.4 is 10.1 Å². The Bertz CT molecular complexity index is 1200. The van der Waals surface area contributed by atoms with E-state index in [1.165, 1.54) is 0 Å². The van der Waals surface area contributed by atoms with Gasteiger partial charge in [0.1, 0.15) is 5.75 Å². The lowest BCUT2D eigenvalue weighted by Gasteiger charge is -2.22. The third-order valence-electron chi connectivity index (χ3n) is 4.72. The van der Waals surface area contributed by atoms with E-state index in [1.54, 1.807) is 23.0 Å². The van der Waals surface area contributed by atoms with Crippen LogP contribution >= 0.6 is 0 Å². The topological polar surface area (TPSA) is 81.9 Å². The second-order valence-electron chi connectivity index (χ2n) is 8.31. The summed E-state index contributed by atoms with van der Waals surface area (Å²) in [5.41, 5.74) is 2.32. The highest BCUT2D eigenvalue weighted by molar-refractivity contribution is 5.93.